The van der Waals surface area contributed by atoms with Gasteiger partial charge in [0.15, 0.2) is 0 Å². The fourth-order valence-electron chi connectivity index (χ4n) is 1.64. The number of nitriles is 1. The molecule has 0 heterocycles. The van der Waals surface area contributed by atoms with Crippen LogP contribution in [0.25, 0.3) is 0 Å². The van der Waals surface area contributed by atoms with Gasteiger partial charge in [-0.2, -0.15) is 5.26 Å². The fraction of sp³-hybridized carbons (Fsp3) is 0.429. The molecule has 1 unspecified atom stereocenters. The van der Waals surface area contributed by atoms with Gasteiger partial charge in [-0.3, -0.25) is 4.79 Å². The molecule has 4 nitrogen and oxygen atoms in total. The minimum absolute atomic E-state index is 0.0376. The highest BCUT2D eigenvalue weighted by molar-refractivity contribution is 9.10. The van der Waals surface area contributed by atoms with Gasteiger partial charge in [0.2, 0.25) is 0 Å². The Morgan fingerprint density at radius 1 is 1.53 bits per heavy atom. The van der Waals surface area contributed by atoms with Gasteiger partial charge in [0.1, 0.15) is 0 Å². The first-order valence-electron chi connectivity index (χ1n) is 5.92. The minimum atomic E-state index is -0.836. The van der Waals surface area contributed by atoms with Crippen molar-refractivity contribution in [2.45, 2.75) is 33.2 Å². The summed E-state index contributed by atoms with van der Waals surface area (Å²) in [6.45, 7) is 5.97. The lowest BCUT2D eigenvalue weighted by Crippen LogP contribution is -2.36. The highest BCUT2D eigenvalue weighted by atomic mass is 79.9. The molecule has 0 aliphatic heterocycles. The summed E-state index contributed by atoms with van der Waals surface area (Å²) in [5.41, 5.74) is 1.16. The molecule has 0 aliphatic carbocycles. The average molecular weight is 325 g/mol. The third-order valence-electron chi connectivity index (χ3n) is 2.85. The second-order valence-corrected chi connectivity index (χ2v) is 6.32. The summed E-state index contributed by atoms with van der Waals surface area (Å²) >= 11 is 3.39. The van der Waals surface area contributed by atoms with E-state index in [0.717, 1.165) is 10.2 Å². The summed E-state index contributed by atoms with van der Waals surface area (Å²) < 4.78 is 0.756. The molecular formula is C14H17BrN2O2. The quantitative estimate of drug-likeness (QED) is 0.887. The van der Waals surface area contributed by atoms with Crippen molar-refractivity contribution >= 4 is 27.6 Å². The molecule has 0 fully saturated rings. The van der Waals surface area contributed by atoms with Gasteiger partial charge < -0.3 is 10.4 Å². The average Bonchev–Trinajstić information content (AvgIpc) is 2.28. The maximum absolute atomic E-state index is 10.9. The van der Waals surface area contributed by atoms with E-state index < -0.39 is 5.97 Å². The van der Waals surface area contributed by atoms with E-state index in [1.54, 1.807) is 18.2 Å². The number of benzene rings is 1. The molecular weight excluding hydrogens is 308 g/mol. The Balaban J connectivity index is 2.97. The molecule has 0 bridgehead atoms. The molecule has 19 heavy (non-hydrogen) atoms. The highest BCUT2D eigenvalue weighted by Crippen LogP contribution is 2.30. The van der Waals surface area contributed by atoms with Crippen molar-refractivity contribution in [1.29, 1.82) is 5.26 Å². The van der Waals surface area contributed by atoms with Gasteiger partial charge in [-0.15, -0.1) is 0 Å². The Labute approximate surface area is 121 Å². The molecule has 0 saturated heterocycles. The Kier molecular flexibility index (Phi) is 4.96. The van der Waals surface area contributed by atoms with Crippen LogP contribution in [0, 0.1) is 16.7 Å². The minimum Gasteiger partial charge on any atom is -0.481 e. The van der Waals surface area contributed by atoms with Crippen molar-refractivity contribution in [3.05, 3.63) is 28.2 Å². The van der Waals surface area contributed by atoms with Gasteiger partial charge in [0, 0.05) is 16.2 Å². The second kappa shape index (κ2) is 6.07. The topological polar surface area (TPSA) is 73.1 Å². The van der Waals surface area contributed by atoms with E-state index in [2.05, 4.69) is 27.3 Å². The number of carboxylic acid groups (broad SMARTS) is 1. The van der Waals surface area contributed by atoms with Crippen LogP contribution in [-0.2, 0) is 4.79 Å². The number of hydrogen-bond acceptors (Lipinski definition) is 3. The Bertz CT molecular complexity index is 515. The van der Waals surface area contributed by atoms with Crippen LogP contribution in [0.2, 0.25) is 0 Å². The number of rotatable bonds is 4. The van der Waals surface area contributed by atoms with E-state index in [1.165, 1.54) is 0 Å². The number of hydrogen-bond donors (Lipinski definition) is 2. The number of carboxylic acids is 1. The number of anilines is 1. The Morgan fingerprint density at radius 2 is 2.16 bits per heavy atom. The van der Waals surface area contributed by atoms with E-state index in [9.17, 15) is 4.79 Å². The normalized spacial score (nSPS) is 12.6. The first kappa shape index (κ1) is 15.5. The van der Waals surface area contributed by atoms with Crippen LogP contribution in [0.15, 0.2) is 22.7 Å². The third-order valence-corrected chi connectivity index (χ3v) is 3.51. The molecule has 0 aromatic heterocycles. The largest absolute Gasteiger partial charge is 0.481 e. The number of halogens is 1. The number of carbonyl (C=O) groups is 1. The van der Waals surface area contributed by atoms with E-state index in [0.29, 0.717) is 5.56 Å². The molecule has 0 amide bonds. The van der Waals surface area contributed by atoms with E-state index >= 15 is 0 Å². The summed E-state index contributed by atoms with van der Waals surface area (Å²) in [7, 11) is 0. The van der Waals surface area contributed by atoms with Gasteiger partial charge >= 0.3 is 5.97 Å². The van der Waals surface area contributed by atoms with Crippen molar-refractivity contribution in [2.24, 2.45) is 5.41 Å². The number of nitrogens with zero attached hydrogens (tertiary/aromatic N) is 1. The van der Waals surface area contributed by atoms with Crippen LogP contribution >= 0.6 is 15.9 Å². The predicted octanol–water partition coefficient (Wildman–Crippen LogP) is 3.62. The van der Waals surface area contributed by atoms with Crippen molar-refractivity contribution in [1.82, 2.24) is 0 Å². The van der Waals surface area contributed by atoms with Crippen LogP contribution in [0.3, 0.4) is 0 Å². The monoisotopic (exact) mass is 324 g/mol. The van der Waals surface area contributed by atoms with Crippen LogP contribution in [-0.4, -0.2) is 17.1 Å². The molecule has 1 aromatic rings. The van der Waals surface area contributed by atoms with E-state index in [-0.39, 0.29) is 17.9 Å². The van der Waals surface area contributed by atoms with Crippen molar-refractivity contribution in [3.8, 4) is 6.07 Å². The van der Waals surface area contributed by atoms with Crippen LogP contribution in [0.4, 0.5) is 5.69 Å². The van der Waals surface area contributed by atoms with E-state index in [1.807, 2.05) is 20.8 Å². The summed E-state index contributed by atoms with van der Waals surface area (Å²) in [6.07, 6.45) is 0.0376. The third kappa shape index (κ3) is 4.56. The lowest BCUT2D eigenvalue weighted by Gasteiger charge is -2.31. The van der Waals surface area contributed by atoms with Crippen LogP contribution in [0.5, 0.6) is 0 Å². The zero-order chi connectivity index (χ0) is 14.6. The van der Waals surface area contributed by atoms with Crippen molar-refractivity contribution < 1.29 is 9.90 Å². The van der Waals surface area contributed by atoms with Gasteiger partial charge in [0.25, 0.3) is 0 Å². The molecule has 1 rings (SSSR count). The molecule has 0 aliphatic rings. The maximum Gasteiger partial charge on any atom is 0.305 e. The molecule has 2 N–H and O–H groups in total. The van der Waals surface area contributed by atoms with Gasteiger partial charge in [-0.25, -0.2) is 0 Å². The van der Waals surface area contributed by atoms with Gasteiger partial charge in [0.05, 0.1) is 18.1 Å². The second-order valence-electron chi connectivity index (χ2n) is 5.47. The summed E-state index contributed by atoms with van der Waals surface area (Å²) in [4.78, 5) is 10.9. The fourth-order valence-corrected chi connectivity index (χ4v) is 2.13. The van der Waals surface area contributed by atoms with Crippen molar-refractivity contribution in [3.63, 3.8) is 0 Å². The summed E-state index contributed by atoms with van der Waals surface area (Å²) in [6, 6.07) is 7.05. The number of aliphatic carboxylic acids is 1. The first-order valence-corrected chi connectivity index (χ1v) is 6.71. The summed E-state index contributed by atoms with van der Waals surface area (Å²) in [5.74, 6) is -0.836. The molecule has 0 radical (unpaired) electrons. The van der Waals surface area contributed by atoms with Gasteiger partial charge in [-0.05, 0) is 39.5 Å². The van der Waals surface area contributed by atoms with Crippen LogP contribution in [0.1, 0.15) is 32.8 Å². The molecule has 102 valence electrons. The standard InChI is InChI=1S/C14H17BrN2O2/c1-14(2,3)12(7-13(18)19)17-11-5-4-9(8-16)6-10(11)15/h4-6,12,17H,7H2,1-3H3,(H,18,19). The first-order chi connectivity index (χ1) is 8.74. The van der Waals surface area contributed by atoms with Crippen LogP contribution < -0.4 is 5.32 Å². The molecule has 0 saturated carbocycles. The highest BCUT2D eigenvalue weighted by Gasteiger charge is 2.27. The summed E-state index contributed by atoms with van der Waals surface area (Å²) in [5, 5.41) is 21.0. The zero-order valence-electron chi connectivity index (χ0n) is 11.2. The van der Waals surface area contributed by atoms with Gasteiger partial charge in [-0.1, -0.05) is 20.8 Å². The molecule has 1 aromatic carbocycles. The zero-order valence-corrected chi connectivity index (χ0v) is 12.8. The van der Waals surface area contributed by atoms with Crippen molar-refractivity contribution in [2.75, 3.05) is 5.32 Å². The smallest absolute Gasteiger partial charge is 0.305 e. The lowest BCUT2D eigenvalue weighted by molar-refractivity contribution is -0.137. The SMILES string of the molecule is CC(C)(C)C(CC(=O)O)Nc1ccc(C#N)cc1Br. The predicted molar refractivity (Wildman–Crippen MR) is 78.0 cm³/mol. The van der Waals surface area contributed by atoms with E-state index in [4.69, 9.17) is 10.4 Å². The Hall–Kier alpha value is -1.54. The molecule has 0 spiro atoms. The Morgan fingerprint density at radius 3 is 2.58 bits per heavy atom. The molecule has 1 atom stereocenters. The lowest BCUT2D eigenvalue weighted by atomic mass is 9.84. The molecule has 5 heteroatoms. The number of nitrogens with one attached hydrogen (secondary N) is 1. The maximum atomic E-state index is 10.9.